The Morgan fingerprint density at radius 2 is 1.96 bits per heavy atom. The average Bonchev–Trinajstić information content (AvgIpc) is 2.80. The van der Waals surface area contributed by atoms with Crippen LogP contribution in [0.1, 0.15) is 64.5 Å². The number of aromatic nitrogens is 1. The van der Waals surface area contributed by atoms with E-state index in [2.05, 4.69) is 56.9 Å². The molecule has 1 unspecified atom stereocenters. The molecule has 1 fully saturated rings. The number of aryl methyl sites for hydroxylation is 2. The highest BCUT2D eigenvalue weighted by atomic mass is 127. The third-order valence-corrected chi connectivity index (χ3v) is 5.57. The summed E-state index contributed by atoms with van der Waals surface area (Å²) in [5, 5.41) is 7.50. The summed E-state index contributed by atoms with van der Waals surface area (Å²) < 4.78 is 5.29. The van der Waals surface area contributed by atoms with Gasteiger partial charge in [-0.25, -0.2) is 0 Å². The molecule has 1 saturated heterocycles. The number of nitrogens with zero attached hydrogens (tertiary/aromatic N) is 3. The molecule has 1 aliphatic rings. The van der Waals surface area contributed by atoms with Gasteiger partial charge in [-0.1, -0.05) is 25.9 Å². The van der Waals surface area contributed by atoms with E-state index in [1.165, 1.54) is 5.56 Å². The molecular formula is C18H33IN4O. The minimum Gasteiger partial charge on any atom is -0.361 e. The Balaban J connectivity index is 0.00000288. The van der Waals surface area contributed by atoms with Gasteiger partial charge in [-0.15, -0.1) is 24.0 Å². The first-order valence-electron chi connectivity index (χ1n) is 8.60. The Morgan fingerprint density at radius 1 is 1.33 bits per heavy atom. The Labute approximate surface area is 163 Å². The van der Waals surface area contributed by atoms with Crippen LogP contribution in [-0.2, 0) is 0 Å². The van der Waals surface area contributed by atoms with Crippen molar-refractivity contribution in [2.24, 2.45) is 10.4 Å². The van der Waals surface area contributed by atoms with Gasteiger partial charge in [-0.05, 0) is 34.6 Å². The monoisotopic (exact) mass is 448 g/mol. The highest BCUT2D eigenvalue weighted by molar-refractivity contribution is 14.0. The molecule has 0 spiro atoms. The topological polar surface area (TPSA) is 53.7 Å². The summed E-state index contributed by atoms with van der Waals surface area (Å²) >= 11 is 0. The SMILES string of the molecule is CCNC(=NCC(C)c1c(C)noc1C)N1CC(C)(C)C1(C)C.I. The van der Waals surface area contributed by atoms with E-state index in [1.54, 1.807) is 0 Å². The summed E-state index contributed by atoms with van der Waals surface area (Å²) in [6.07, 6.45) is 0. The zero-order valence-electron chi connectivity index (χ0n) is 16.4. The molecule has 6 heteroatoms. The molecule has 1 aromatic rings. The van der Waals surface area contributed by atoms with Crippen LogP contribution in [0.4, 0.5) is 0 Å². The highest BCUT2D eigenvalue weighted by Gasteiger charge is 2.53. The molecule has 1 atom stereocenters. The second-order valence-electron chi connectivity index (χ2n) is 7.86. The van der Waals surface area contributed by atoms with E-state index < -0.39 is 0 Å². The van der Waals surface area contributed by atoms with Crippen LogP contribution in [0.3, 0.4) is 0 Å². The van der Waals surface area contributed by atoms with Crippen molar-refractivity contribution in [3.63, 3.8) is 0 Å². The summed E-state index contributed by atoms with van der Waals surface area (Å²) in [6.45, 7) is 20.1. The second-order valence-corrected chi connectivity index (χ2v) is 7.86. The first kappa shape index (κ1) is 21.3. The molecule has 0 amide bonds. The predicted octanol–water partition coefficient (Wildman–Crippen LogP) is 4.10. The van der Waals surface area contributed by atoms with Gasteiger partial charge in [0, 0.05) is 42.1 Å². The maximum absolute atomic E-state index is 5.29. The molecule has 0 aliphatic carbocycles. The molecule has 2 heterocycles. The van der Waals surface area contributed by atoms with Crippen LogP contribution in [0.15, 0.2) is 9.52 Å². The number of hydrogen-bond donors (Lipinski definition) is 1. The molecule has 0 aromatic carbocycles. The molecule has 1 aromatic heterocycles. The number of nitrogens with one attached hydrogen (secondary N) is 1. The molecule has 2 rings (SSSR count). The van der Waals surface area contributed by atoms with Gasteiger partial charge >= 0.3 is 0 Å². The van der Waals surface area contributed by atoms with Crippen LogP contribution < -0.4 is 5.32 Å². The summed E-state index contributed by atoms with van der Waals surface area (Å²) in [5.74, 6) is 2.21. The Kier molecular flexibility index (Phi) is 6.75. The van der Waals surface area contributed by atoms with E-state index in [0.29, 0.717) is 11.3 Å². The average molecular weight is 448 g/mol. The van der Waals surface area contributed by atoms with E-state index in [4.69, 9.17) is 9.52 Å². The lowest BCUT2D eigenvalue weighted by atomic mass is 9.65. The summed E-state index contributed by atoms with van der Waals surface area (Å²) in [6, 6.07) is 0. The highest BCUT2D eigenvalue weighted by Crippen LogP contribution is 2.46. The van der Waals surface area contributed by atoms with Gasteiger partial charge in [0.05, 0.1) is 5.69 Å². The number of guanidine groups is 1. The van der Waals surface area contributed by atoms with Crippen molar-refractivity contribution in [1.29, 1.82) is 0 Å². The fourth-order valence-corrected chi connectivity index (χ4v) is 3.30. The molecule has 138 valence electrons. The Morgan fingerprint density at radius 3 is 2.38 bits per heavy atom. The smallest absolute Gasteiger partial charge is 0.194 e. The summed E-state index contributed by atoms with van der Waals surface area (Å²) in [7, 11) is 0. The fourth-order valence-electron chi connectivity index (χ4n) is 3.30. The first-order valence-corrected chi connectivity index (χ1v) is 8.60. The molecule has 5 nitrogen and oxygen atoms in total. The minimum atomic E-state index is 0. The van der Waals surface area contributed by atoms with Crippen molar-refractivity contribution in [2.45, 2.75) is 66.8 Å². The van der Waals surface area contributed by atoms with Crippen LogP contribution in [0.25, 0.3) is 0 Å². The quantitative estimate of drug-likeness (QED) is 0.428. The normalized spacial score (nSPS) is 20.2. The number of rotatable bonds is 4. The predicted molar refractivity (Wildman–Crippen MR) is 110 cm³/mol. The van der Waals surface area contributed by atoms with Crippen molar-refractivity contribution in [3.8, 4) is 0 Å². The zero-order chi connectivity index (χ0) is 17.4. The van der Waals surface area contributed by atoms with Crippen molar-refractivity contribution in [2.75, 3.05) is 19.6 Å². The maximum atomic E-state index is 5.29. The molecular weight excluding hydrogens is 415 g/mol. The van der Waals surface area contributed by atoms with Crippen LogP contribution >= 0.6 is 24.0 Å². The van der Waals surface area contributed by atoms with Crippen molar-refractivity contribution in [1.82, 2.24) is 15.4 Å². The molecule has 1 N–H and O–H groups in total. The molecule has 0 saturated carbocycles. The third kappa shape index (κ3) is 3.73. The van der Waals surface area contributed by atoms with Crippen molar-refractivity contribution in [3.05, 3.63) is 17.0 Å². The van der Waals surface area contributed by atoms with Gasteiger partial charge in [0.25, 0.3) is 0 Å². The van der Waals surface area contributed by atoms with Crippen LogP contribution in [0, 0.1) is 19.3 Å². The first-order chi connectivity index (χ1) is 10.6. The van der Waals surface area contributed by atoms with E-state index in [0.717, 1.165) is 37.0 Å². The van der Waals surface area contributed by atoms with Gasteiger partial charge in [-0.3, -0.25) is 4.99 Å². The summed E-state index contributed by atoms with van der Waals surface area (Å²) in [4.78, 5) is 7.28. The van der Waals surface area contributed by atoms with E-state index in [1.807, 2.05) is 13.8 Å². The van der Waals surface area contributed by atoms with Crippen molar-refractivity contribution < 1.29 is 4.52 Å². The van der Waals surface area contributed by atoms with E-state index in [9.17, 15) is 0 Å². The largest absolute Gasteiger partial charge is 0.361 e. The van der Waals surface area contributed by atoms with Crippen molar-refractivity contribution >= 4 is 29.9 Å². The van der Waals surface area contributed by atoms with Gasteiger partial charge in [0.1, 0.15) is 5.76 Å². The number of halogens is 1. The standard InChI is InChI=1S/C18H32N4O.HI/c1-9-19-16(22-11-17(5,6)18(22,7)8)20-10-12(2)15-13(3)21-23-14(15)4;/h12H,9-11H2,1-8H3,(H,19,20);1H. The van der Waals surface area contributed by atoms with Gasteiger partial charge in [0.15, 0.2) is 5.96 Å². The lowest BCUT2D eigenvalue weighted by Gasteiger charge is -2.62. The Hall–Kier alpha value is -0.790. The molecule has 24 heavy (non-hydrogen) atoms. The molecule has 1 aliphatic heterocycles. The molecule has 0 radical (unpaired) electrons. The fraction of sp³-hybridized carbons (Fsp3) is 0.778. The van der Waals surface area contributed by atoms with Crippen LogP contribution in [0.5, 0.6) is 0 Å². The Bertz CT molecular complexity index is 572. The van der Waals surface area contributed by atoms with Gasteiger partial charge < -0.3 is 14.7 Å². The lowest BCUT2D eigenvalue weighted by Crippen LogP contribution is -2.72. The third-order valence-electron chi connectivity index (χ3n) is 5.57. The minimum absolute atomic E-state index is 0. The van der Waals surface area contributed by atoms with Gasteiger partial charge in [0.2, 0.25) is 0 Å². The number of aliphatic imine (C=N–C) groups is 1. The van der Waals surface area contributed by atoms with Gasteiger partial charge in [-0.2, -0.15) is 0 Å². The summed E-state index contributed by atoms with van der Waals surface area (Å²) in [5.41, 5.74) is 2.57. The van der Waals surface area contributed by atoms with E-state index in [-0.39, 0.29) is 29.5 Å². The van der Waals surface area contributed by atoms with E-state index >= 15 is 0 Å². The van der Waals surface area contributed by atoms with Crippen LogP contribution in [-0.4, -0.2) is 41.2 Å². The zero-order valence-corrected chi connectivity index (χ0v) is 18.7. The molecule has 0 bridgehead atoms. The maximum Gasteiger partial charge on any atom is 0.194 e. The second kappa shape index (κ2) is 7.62. The number of hydrogen-bond acceptors (Lipinski definition) is 3. The van der Waals surface area contributed by atoms with Crippen LogP contribution in [0.2, 0.25) is 0 Å². The number of likely N-dealkylation sites (tertiary alicyclic amines) is 1. The lowest BCUT2D eigenvalue weighted by molar-refractivity contribution is -0.0667.